The first-order valence-electron chi connectivity index (χ1n) is 18.9. The van der Waals surface area contributed by atoms with E-state index in [9.17, 15) is 29.1 Å². The van der Waals surface area contributed by atoms with Crippen molar-refractivity contribution in [2.24, 2.45) is 17.8 Å². The van der Waals surface area contributed by atoms with Crippen LogP contribution >= 0.6 is 11.3 Å². The van der Waals surface area contributed by atoms with E-state index in [2.05, 4.69) is 10.6 Å². The molecule has 3 rings (SSSR count). The quantitative estimate of drug-likeness (QED) is 0.160. The molecule has 1 aromatic heterocycles. The molecule has 0 radical (unpaired) electrons. The minimum Gasteiger partial charge on any atom is -0.481 e. The second-order valence-corrected chi connectivity index (χ2v) is 16.6. The number of carboxylic acids is 1. The average molecular weight is 756 g/mol. The van der Waals surface area contributed by atoms with Gasteiger partial charge in [-0.25, -0.2) is 4.98 Å². The second kappa shape index (κ2) is 20.0. The molecule has 12 nitrogen and oxygen atoms in total. The third kappa shape index (κ3) is 12.3. The van der Waals surface area contributed by atoms with Crippen LogP contribution in [0.2, 0.25) is 0 Å². The van der Waals surface area contributed by atoms with Gasteiger partial charge in [0, 0.05) is 37.4 Å². The van der Waals surface area contributed by atoms with Gasteiger partial charge in [-0.1, -0.05) is 85.2 Å². The zero-order valence-corrected chi connectivity index (χ0v) is 34.0. The fourth-order valence-corrected chi connectivity index (χ4v) is 8.07. The van der Waals surface area contributed by atoms with E-state index in [0.717, 1.165) is 31.4 Å². The van der Waals surface area contributed by atoms with Crippen molar-refractivity contribution in [1.82, 2.24) is 25.4 Å². The predicted molar refractivity (Wildman–Crippen MR) is 207 cm³/mol. The van der Waals surface area contributed by atoms with Crippen molar-refractivity contribution in [3.05, 3.63) is 51.5 Å². The summed E-state index contributed by atoms with van der Waals surface area (Å²) in [6, 6.07) is 7.68. The highest BCUT2D eigenvalue weighted by Gasteiger charge is 2.37. The maximum absolute atomic E-state index is 14.1. The number of hydrogen-bond donors (Lipinski definition) is 3. The van der Waals surface area contributed by atoms with Crippen LogP contribution in [0.4, 0.5) is 0 Å². The number of carbonyl (C=O) groups is 5. The van der Waals surface area contributed by atoms with Gasteiger partial charge in [0.05, 0.1) is 12.0 Å². The van der Waals surface area contributed by atoms with Crippen molar-refractivity contribution in [3.63, 3.8) is 0 Å². The number of aliphatic carboxylic acids is 1. The number of carboxylic acid groups (broad SMARTS) is 1. The summed E-state index contributed by atoms with van der Waals surface area (Å²) in [5.41, 5.74) is 1.17. The van der Waals surface area contributed by atoms with E-state index in [4.69, 9.17) is 9.72 Å². The molecule has 2 heterocycles. The second-order valence-electron chi connectivity index (χ2n) is 15.6. The molecule has 3 amide bonds. The lowest BCUT2D eigenvalue weighted by Crippen LogP contribution is -2.57. The fourth-order valence-electron chi connectivity index (χ4n) is 6.96. The Morgan fingerprint density at radius 3 is 2.19 bits per heavy atom. The normalized spacial score (nSPS) is 17.9. The standard InChI is InChI=1S/C40H61N5O7S/c1-23(2)31(45(10)39(49)33(24(3)4)42-36(47)30-18-14-15-19-44(30)9)22-32(52-27(8)46)38-43-34(35(53-38)25(5)6)37(48)41-29(20-26(7)40(50)51)21-28-16-12-11-13-17-28/h11-13,16-17,23-26,29-33H,14-15,18-22H2,1-10H3,(H,41,48)(H,42,47)(H,50,51)/t26?,29?,30-,31?,32?,33?/m1/s1. The van der Waals surface area contributed by atoms with Gasteiger partial charge in [0.2, 0.25) is 11.8 Å². The van der Waals surface area contributed by atoms with E-state index >= 15 is 0 Å². The number of ether oxygens (including phenoxy) is 1. The van der Waals surface area contributed by atoms with Crippen molar-refractivity contribution in [2.45, 2.75) is 130 Å². The Bertz CT molecular complexity index is 1540. The molecule has 1 aliphatic rings. The molecular formula is C40H61N5O7S. The fraction of sp³-hybridized carbons (Fsp3) is 0.650. The summed E-state index contributed by atoms with van der Waals surface area (Å²) < 4.78 is 5.88. The summed E-state index contributed by atoms with van der Waals surface area (Å²) in [6.07, 6.45) is 2.80. The number of rotatable bonds is 18. The molecule has 0 bridgehead atoms. The molecule has 2 aromatic rings. The van der Waals surface area contributed by atoms with Gasteiger partial charge < -0.3 is 25.4 Å². The van der Waals surface area contributed by atoms with Crippen LogP contribution in [0.5, 0.6) is 0 Å². The number of aromatic nitrogens is 1. The highest BCUT2D eigenvalue weighted by atomic mass is 32.1. The zero-order chi connectivity index (χ0) is 39.6. The SMILES string of the molecule is CC(=O)OC(CC(C(C)C)N(C)C(=O)C(NC(=O)[C@H]1CCCCN1C)C(C)C)c1nc(C(=O)NC(Cc2ccccc2)CC(C)C(=O)O)c(C(C)C)s1. The Hall–Kier alpha value is -3.84. The lowest BCUT2D eigenvalue weighted by atomic mass is 9.94. The summed E-state index contributed by atoms with van der Waals surface area (Å²) >= 11 is 1.30. The third-order valence-electron chi connectivity index (χ3n) is 10.1. The van der Waals surface area contributed by atoms with Gasteiger partial charge in [-0.15, -0.1) is 11.3 Å². The highest BCUT2D eigenvalue weighted by molar-refractivity contribution is 7.12. The molecular weight excluding hydrogens is 695 g/mol. The lowest BCUT2D eigenvalue weighted by molar-refractivity contribution is -0.149. The van der Waals surface area contributed by atoms with Gasteiger partial charge in [0.1, 0.15) is 16.7 Å². The Morgan fingerprint density at radius 2 is 1.64 bits per heavy atom. The third-order valence-corrected chi connectivity index (χ3v) is 11.5. The largest absolute Gasteiger partial charge is 0.481 e. The van der Waals surface area contributed by atoms with Crippen LogP contribution in [0, 0.1) is 17.8 Å². The summed E-state index contributed by atoms with van der Waals surface area (Å²) in [4.78, 5) is 74.9. The van der Waals surface area contributed by atoms with Crippen molar-refractivity contribution in [3.8, 4) is 0 Å². The smallest absolute Gasteiger partial charge is 0.306 e. The molecule has 1 aliphatic heterocycles. The monoisotopic (exact) mass is 755 g/mol. The number of piperidine rings is 1. The summed E-state index contributed by atoms with van der Waals surface area (Å²) in [6.45, 7) is 15.5. The molecule has 0 aliphatic carbocycles. The average Bonchev–Trinajstić information content (AvgIpc) is 3.55. The first-order valence-corrected chi connectivity index (χ1v) is 19.7. The predicted octanol–water partition coefficient (Wildman–Crippen LogP) is 5.82. The topological polar surface area (TPSA) is 158 Å². The van der Waals surface area contributed by atoms with Crippen molar-refractivity contribution < 1.29 is 33.8 Å². The number of likely N-dealkylation sites (tertiary alicyclic amines) is 1. The Labute approximate surface area is 319 Å². The van der Waals surface area contributed by atoms with Crippen LogP contribution < -0.4 is 10.6 Å². The van der Waals surface area contributed by atoms with Crippen molar-refractivity contribution in [2.75, 3.05) is 20.6 Å². The van der Waals surface area contributed by atoms with Crippen LogP contribution in [0.15, 0.2) is 30.3 Å². The molecule has 6 atom stereocenters. The molecule has 1 saturated heterocycles. The van der Waals surface area contributed by atoms with E-state index in [1.807, 2.05) is 83.8 Å². The number of esters is 1. The number of amides is 3. The molecule has 53 heavy (non-hydrogen) atoms. The molecule has 0 saturated carbocycles. The summed E-state index contributed by atoms with van der Waals surface area (Å²) in [5, 5.41) is 16.2. The minimum atomic E-state index is -0.942. The maximum atomic E-state index is 14.1. The Balaban J connectivity index is 1.91. The van der Waals surface area contributed by atoms with Crippen LogP contribution in [0.25, 0.3) is 0 Å². The van der Waals surface area contributed by atoms with Gasteiger partial charge in [0.25, 0.3) is 5.91 Å². The van der Waals surface area contributed by atoms with Crippen LogP contribution in [-0.4, -0.2) is 94.4 Å². The number of benzene rings is 1. The molecule has 13 heteroatoms. The van der Waals surface area contributed by atoms with Crippen LogP contribution in [0.1, 0.15) is 125 Å². The zero-order valence-electron chi connectivity index (χ0n) is 33.2. The minimum absolute atomic E-state index is 0.0581. The number of thiazole rings is 1. The van der Waals surface area contributed by atoms with E-state index in [1.165, 1.54) is 18.3 Å². The first kappa shape index (κ1) is 43.6. The van der Waals surface area contributed by atoms with Gasteiger partial charge in [-0.05, 0) is 62.6 Å². The molecule has 5 unspecified atom stereocenters. The first-order chi connectivity index (χ1) is 24.9. The lowest BCUT2D eigenvalue weighted by Gasteiger charge is -2.37. The summed E-state index contributed by atoms with van der Waals surface area (Å²) in [7, 11) is 3.66. The van der Waals surface area contributed by atoms with Crippen molar-refractivity contribution >= 4 is 41.0 Å². The molecule has 3 N–H and O–H groups in total. The van der Waals surface area contributed by atoms with Gasteiger partial charge in [0.15, 0.2) is 6.10 Å². The van der Waals surface area contributed by atoms with Crippen LogP contribution in [0.3, 0.4) is 0 Å². The molecule has 1 fully saturated rings. The Morgan fingerprint density at radius 1 is 0.981 bits per heavy atom. The van der Waals surface area contributed by atoms with Gasteiger partial charge in [-0.3, -0.25) is 28.9 Å². The number of carbonyl (C=O) groups excluding carboxylic acids is 4. The van der Waals surface area contributed by atoms with E-state index in [1.54, 1.807) is 18.9 Å². The summed E-state index contributed by atoms with van der Waals surface area (Å²) in [5.74, 6) is -3.26. The number of hydrogen-bond acceptors (Lipinski definition) is 9. The van der Waals surface area contributed by atoms with Crippen LogP contribution in [-0.2, 0) is 30.3 Å². The van der Waals surface area contributed by atoms with Gasteiger partial charge >= 0.3 is 11.9 Å². The number of nitrogens with zero attached hydrogens (tertiary/aromatic N) is 3. The molecule has 0 spiro atoms. The van der Waals surface area contributed by atoms with Gasteiger partial charge in [-0.2, -0.15) is 0 Å². The number of likely N-dealkylation sites (N-methyl/N-ethyl adjacent to an activating group) is 2. The Kier molecular flexibility index (Phi) is 16.4. The van der Waals surface area contributed by atoms with E-state index < -0.39 is 48.0 Å². The highest BCUT2D eigenvalue weighted by Crippen LogP contribution is 2.36. The van der Waals surface area contributed by atoms with Crippen molar-refractivity contribution in [1.29, 1.82) is 0 Å². The van der Waals surface area contributed by atoms with E-state index in [0.29, 0.717) is 16.3 Å². The molecule has 294 valence electrons. The van der Waals surface area contributed by atoms with E-state index in [-0.39, 0.29) is 54.1 Å². The molecule has 1 aromatic carbocycles. The maximum Gasteiger partial charge on any atom is 0.306 e. The number of nitrogens with one attached hydrogen (secondary N) is 2.